The van der Waals surface area contributed by atoms with Gasteiger partial charge in [0.05, 0.1) is 0 Å². The number of aryl methyl sites for hydroxylation is 1. The van der Waals surface area contributed by atoms with Crippen molar-refractivity contribution in [3.05, 3.63) is 77.9 Å². The molecule has 0 aromatic heterocycles. The van der Waals surface area contributed by atoms with Crippen molar-refractivity contribution in [1.82, 2.24) is 5.32 Å². The quantitative estimate of drug-likeness (QED) is 0.608. The first kappa shape index (κ1) is 14.4. The Morgan fingerprint density at radius 2 is 1.65 bits per heavy atom. The van der Waals surface area contributed by atoms with E-state index in [4.69, 9.17) is 4.74 Å². The van der Waals surface area contributed by atoms with Gasteiger partial charge in [-0.05, 0) is 30.2 Å². The van der Waals surface area contributed by atoms with E-state index < -0.39 is 0 Å². The Bertz CT molecular complexity index is 528. The molecule has 0 bridgehead atoms. The summed E-state index contributed by atoms with van der Waals surface area (Å²) in [6, 6.07) is 16.6. The Balaban J connectivity index is 1.84. The minimum atomic E-state index is 0.605. The smallest absolute Gasteiger partial charge is 0.119 e. The van der Waals surface area contributed by atoms with Gasteiger partial charge in [-0.15, -0.1) is 6.58 Å². The molecule has 0 radical (unpaired) electrons. The van der Waals surface area contributed by atoms with Gasteiger partial charge in [0.15, 0.2) is 0 Å². The molecule has 0 unspecified atom stereocenters. The first-order valence-corrected chi connectivity index (χ1v) is 6.87. The van der Waals surface area contributed by atoms with Crippen molar-refractivity contribution in [3.8, 4) is 5.75 Å². The molecule has 0 aliphatic carbocycles. The van der Waals surface area contributed by atoms with Crippen LogP contribution in [0.15, 0.2) is 61.2 Å². The molecule has 0 saturated carbocycles. The van der Waals surface area contributed by atoms with Crippen LogP contribution in [0.4, 0.5) is 0 Å². The number of nitrogens with one attached hydrogen (secondary N) is 1. The third-order valence-corrected chi connectivity index (χ3v) is 3.07. The zero-order valence-corrected chi connectivity index (χ0v) is 11.9. The van der Waals surface area contributed by atoms with Crippen LogP contribution in [0, 0.1) is 6.92 Å². The molecule has 0 spiro atoms. The SMILES string of the molecule is C=CCNCc1ccc(OCc2ccc(C)cc2)cc1. The molecule has 2 aromatic carbocycles. The van der Waals surface area contributed by atoms with Crippen LogP contribution in [-0.4, -0.2) is 6.54 Å². The average Bonchev–Trinajstić information content (AvgIpc) is 2.48. The minimum absolute atomic E-state index is 0.605. The Kier molecular flexibility index (Phi) is 5.39. The number of rotatable bonds is 7. The summed E-state index contributed by atoms with van der Waals surface area (Å²) in [5.41, 5.74) is 3.70. The molecule has 2 heteroatoms. The van der Waals surface area contributed by atoms with Crippen LogP contribution >= 0.6 is 0 Å². The maximum Gasteiger partial charge on any atom is 0.119 e. The molecule has 0 saturated heterocycles. The van der Waals surface area contributed by atoms with Gasteiger partial charge in [0.1, 0.15) is 12.4 Å². The van der Waals surface area contributed by atoms with E-state index in [0.717, 1.165) is 18.8 Å². The first-order valence-electron chi connectivity index (χ1n) is 6.87. The summed E-state index contributed by atoms with van der Waals surface area (Å²) in [6.07, 6.45) is 1.86. The van der Waals surface area contributed by atoms with E-state index in [1.165, 1.54) is 16.7 Å². The third-order valence-electron chi connectivity index (χ3n) is 3.07. The highest BCUT2D eigenvalue weighted by molar-refractivity contribution is 5.28. The summed E-state index contributed by atoms with van der Waals surface area (Å²) in [5.74, 6) is 0.901. The first-order chi connectivity index (χ1) is 9.78. The Morgan fingerprint density at radius 3 is 2.30 bits per heavy atom. The van der Waals surface area contributed by atoms with Gasteiger partial charge >= 0.3 is 0 Å². The van der Waals surface area contributed by atoms with Gasteiger partial charge in [-0.25, -0.2) is 0 Å². The van der Waals surface area contributed by atoms with E-state index in [0.29, 0.717) is 6.61 Å². The lowest BCUT2D eigenvalue weighted by Gasteiger charge is -2.08. The Labute approximate surface area is 121 Å². The van der Waals surface area contributed by atoms with E-state index in [2.05, 4.69) is 55.2 Å². The summed E-state index contributed by atoms with van der Waals surface area (Å²) in [5, 5.41) is 3.28. The Morgan fingerprint density at radius 1 is 1.00 bits per heavy atom. The highest BCUT2D eigenvalue weighted by Crippen LogP contribution is 2.14. The molecule has 0 aliphatic heterocycles. The number of benzene rings is 2. The molecule has 1 N–H and O–H groups in total. The zero-order chi connectivity index (χ0) is 14.2. The van der Waals surface area contributed by atoms with E-state index in [1.54, 1.807) is 0 Å². The lowest BCUT2D eigenvalue weighted by atomic mass is 10.2. The largest absolute Gasteiger partial charge is 0.489 e. The molecule has 0 heterocycles. The summed E-state index contributed by atoms with van der Waals surface area (Å²) in [4.78, 5) is 0. The van der Waals surface area contributed by atoms with Gasteiger partial charge in [-0.3, -0.25) is 0 Å². The number of hydrogen-bond donors (Lipinski definition) is 1. The second-order valence-electron chi connectivity index (χ2n) is 4.84. The van der Waals surface area contributed by atoms with Crippen molar-refractivity contribution < 1.29 is 4.74 Å². The van der Waals surface area contributed by atoms with Crippen LogP contribution in [0.25, 0.3) is 0 Å². The molecule has 2 nitrogen and oxygen atoms in total. The van der Waals surface area contributed by atoms with Crippen molar-refractivity contribution in [2.24, 2.45) is 0 Å². The van der Waals surface area contributed by atoms with Crippen LogP contribution < -0.4 is 10.1 Å². The molecular weight excluding hydrogens is 246 g/mol. The van der Waals surface area contributed by atoms with Crippen molar-refractivity contribution in [2.75, 3.05) is 6.54 Å². The lowest BCUT2D eigenvalue weighted by Crippen LogP contribution is -2.12. The zero-order valence-electron chi connectivity index (χ0n) is 11.9. The van der Waals surface area contributed by atoms with E-state index in [9.17, 15) is 0 Å². The predicted molar refractivity (Wildman–Crippen MR) is 83.9 cm³/mol. The maximum absolute atomic E-state index is 5.78. The van der Waals surface area contributed by atoms with Crippen molar-refractivity contribution in [2.45, 2.75) is 20.1 Å². The van der Waals surface area contributed by atoms with Crippen LogP contribution in [0.3, 0.4) is 0 Å². The highest BCUT2D eigenvalue weighted by atomic mass is 16.5. The maximum atomic E-state index is 5.78. The van der Waals surface area contributed by atoms with Gasteiger partial charge in [0.25, 0.3) is 0 Å². The highest BCUT2D eigenvalue weighted by Gasteiger charge is 1.97. The van der Waals surface area contributed by atoms with Gasteiger partial charge < -0.3 is 10.1 Å². The van der Waals surface area contributed by atoms with Crippen molar-refractivity contribution >= 4 is 0 Å². The standard InChI is InChI=1S/C18H21NO/c1-3-12-19-13-16-8-10-18(11-9-16)20-14-17-6-4-15(2)5-7-17/h3-11,19H,1,12-14H2,2H3. The summed E-state index contributed by atoms with van der Waals surface area (Å²) in [7, 11) is 0. The van der Waals surface area contributed by atoms with Crippen LogP contribution in [0.1, 0.15) is 16.7 Å². The molecule has 0 amide bonds. The monoisotopic (exact) mass is 267 g/mol. The second kappa shape index (κ2) is 7.51. The van der Waals surface area contributed by atoms with Gasteiger partial charge in [-0.1, -0.05) is 48.0 Å². The fraction of sp³-hybridized carbons (Fsp3) is 0.222. The molecule has 0 aliphatic rings. The molecule has 2 aromatic rings. The van der Waals surface area contributed by atoms with Crippen molar-refractivity contribution in [1.29, 1.82) is 0 Å². The normalized spacial score (nSPS) is 10.2. The van der Waals surface area contributed by atoms with Gasteiger partial charge in [0.2, 0.25) is 0 Å². The van der Waals surface area contributed by atoms with Crippen LogP contribution in [-0.2, 0) is 13.2 Å². The third kappa shape index (κ3) is 4.56. The minimum Gasteiger partial charge on any atom is -0.489 e. The van der Waals surface area contributed by atoms with E-state index in [1.807, 2.05) is 18.2 Å². The number of hydrogen-bond acceptors (Lipinski definition) is 2. The van der Waals surface area contributed by atoms with E-state index >= 15 is 0 Å². The van der Waals surface area contributed by atoms with Gasteiger partial charge in [-0.2, -0.15) is 0 Å². The predicted octanol–water partition coefficient (Wildman–Crippen LogP) is 3.85. The summed E-state index contributed by atoms with van der Waals surface area (Å²) < 4.78 is 5.78. The Hall–Kier alpha value is -2.06. The van der Waals surface area contributed by atoms with E-state index in [-0.39, 0.29) is 0 Å². The fourth-order valence-corrected chi connectivity index (χ4v) is 1.87. The van der Waals surface area contributed by atoms with Crippen LogP contribution in [0.5, 0.6) is 5.75 Å². The molecule has 0 fully saturated rings. The molecule has 0 atom stereocenters. The lowest BCUT2D eigenvalue weighted by molar-refractivity contribution is 0.306. The average molecular weight is 267 g/mol. The second-order valence-corrected chi connectivity index (χ2v) is 4.84. The molecule has 2 rings (SSSR count). The van der Waals surface area contributed by atoms with Crippen LogP contribution in [0.2, 0.25) is 0 Å². The van der Waals surface area contributed by atoms with Gasteiger partial charge in [0, 0.05) is 13.1 Å². The topological polar surface area (TPSA) is 21.3 Å². The summed E-state index contributed by atoms with van der Waals surface area (Å²) in [6.45, 7) is 8.05. The molecule has 104 valence electrons. The van der Waals surface area contributed by atoms with Crippen molar-refractivity contribution in [3.63, 3.8) is 0 Å². The molecule has 20 heavy (non-hydrogen) atoms. The summed E-state index contributed by atoms with van der Waals surface area (Å²) >= 11 is 0. The number of ether oxygens (including phenoxy) is 1. The fourth-order valence-electron chi connectivity index (χ4n) is 1.87. The molecular formula is C18H21NO.